The van der Waals surface area contributed by atoms with Gasteiger partial charge >= 0.3 is 0 Å². The number of likely N-dealkylation sites (tertiary alicyclic amines) is 1. The van der Waals surface area contributed by atoms with Crippen molar-refractivity contribution in [2.75, 3.05) is 19.6 Å². The Balaban J connectivity index is 1.32. The van der Waals surface area contributed by atoms with E-state index in [4.69, 9.17) is 0 Å². The minimum Gasteiger partial charge on any atom is -0.352 e. The monoisotopic (exact) mass is 395 g/mol. The summed E-state index contributed by atoms with van der Waals surface area (Å²) in [6.45, 7) is 3.89. The molecule has 1 atom stereocenters. The quantitative estimate of drug-likeness (QED) is 0.696. The molecule has 0 radical (unpaired) electrons. The summed E-state index contributed by atoms with van der Waals surface area (Å²) in [5.41, 5.74) is 2.45. The number of pyridine rings is 1. The highest BCUT2D eigenvalue weighted by Crippen LogP contribution is 2.21. The summed E-state index contributed by atoms with van der Waals surface area (Å²) >= 11 is 1.81. The molecule has 6 nitrogen and oxygen atoms in total. The zero-order valence-electron chi connectivity index (χ0n) is 16.0. The Kier molecular flexibility index (Phi) is 5.83. The fourth-order valence-corrected chi connectivity index (χ4v) is 4.46. The fourth-order valence-electron chi connectivity index (χ4n) is 3.72. The van der Waals surface area contributed by atoms with Gasteiger partial charge in [0.1, 0.15) is 0 Å². The third-order valence-corrected chi connectivity index (χ3v) is 6.01. The van der Waals surface area contributed by atoms with Crippen molar-refractivity contribution in [3.63, 3.8) is 0 Å². The van der Waals surface area contributed by atoms with E-state index in [9.17, 15) is 4.79 Å². The molecule has 1 saturated heterocycles. The van der Waals surface area contributed by atoms with E-state index in [1.165, 1.54) is 11.3 Å². The Morgan fingerprint density at radius 1 is 1.32 bits per heavy atom. The van der Waals surface area contributed by atoms with Crippen LogP contribution in [0.5, 0.6) is 0 Å². The average molecular weight is 396 g/mol. The zero-order chi connectivity index (χ0) is 19.3. The van der Waals surface area contributed by atoms with E-state index in [1.807, 2.05) is 30.6 Å². The maximum atomic E-state index is 12.6. The summed E-state index contributed by atoms with van der Waals surface area (Å²) in [5, 5.41) is 9.42. The molecular formula is C21H25N5OS. The van der Waals surface area contributed by atoms with Crippen LogP contribution in [0, 0.1) is 5.92 Å². The first-order valence-electron chi connectivity index (χ1n) is 9.64. The Labute approximate surface area is 169 Å². The molecule has 0 saturated carbocycles. The average Bonchev–Trinajstić information content (AvgIpc) is 3.38. The van der Waals surface area contributed by atoms with Gasteiger partial charge in [-0.15, -0.1) is 11.3 Å². The molecule has 1 amide bonds. The van der Waals surface area contributed by atoms with E-state index < -0.39 is 0 Å². The molecule has 0 unspecified atom stereocenters. The van der Waals surface area contributed by atoms with Gasteiger partial charge in [-0.05, 0) is 42.8 Å². The van der Waals surface area contributed by atoms with Crippen molar-refractivity contribution in [1.82, 2.24) is 25.0 Å². The van der Waals surface area contributed by atoms with Crippen LogP contribution < -0.4 is 5.32 Å². The first-order chi connectivity index (χ1) is 13.7. The largest absolute Gasteiger partial charge is 0.352 e. The highest BCUT2D eigenvalue weighted by atomic mass is 32.1. The SMILES string of the molecule is Cn1cc(-c2cncc(C(=O)NC[C@H]3CCCN(Cc4cccs4)C3)c2)cn1. The molecule has 28 heavy (non-hydrogen) atoms. The van der Waals surface area contributed by atoms with Gasteiger partial charge < -0.3 is 5.32 Å². The fraction of sp³-hybridized carbons (Fsp3) is 0.381. The molecule has 1 fully saturated rings. The van der Waals surface area contributed by atoms with Gasteiger partial charge in [-0.25, -0.2) is 0 Å². The van der Waals surface area contributed by atoms with Crippen molar-refractivity contribution < 1.29 is 4.79 Å². The Bertz CT molecular complexity index is 921. The predicted molar refractivity (Wildman–Crippen MR) is 111 cm³/mol. The van der Waals surface area contributed by atoms with Gasteiger partial charge in [0.25, 0.3) is 5.91 Å². The number of thiophene rings is 1. The second-order valence-electron chi connectivity index (χ2n) is 7.40. The molecule has 3 aromatic heterocycles. The summed E-state index contributed by atoms with van der Waals surface area (Å²) in [6.07, 6.45) is 9.43. The van der Waals surface area contributed by atoms with Crippen molar-refractivity contribution in [2.45, 2.75) is 19.4 Å². The molecule has 7 heteroatoms. The van der Waals surface area contributed by atoms with E-state index in [2.05, 4.69) is 37.8 Å². The highest BCUT2D eigenvalue weighted by molar-refractivity contribution is 7.09. The number of rotatable bonds is 6. The first kappa shape index (κ1) is 18.8. The lowest BCUT2D eigenvalue weighted by molar-refractivity contribution is 0.0930. The van der Waals surface area contributed by atoms with Gasteiger partial charge in [0.2, 0.25) is 0 Å². The maximum absolute atomic E-state index is 12.6. The number of nitrogens with one attached hydrogen (secondary N) is 1. The van der Waals surface area contributed by atoms with Crippen LogP contribution >= 0.6 is 11.3 Å². The molecule has 0 aliphatic carbocycles. The van der Waals surface area contributed by atoms with Crippen molar-refractivity contribution >= 4 is 17.2 Å². The lowest BCUT2D eigenvalue weighted by Crippen LogP contribution is -2.40. The summed E-state index contributed by atoms with van der Waals surface area (Å²) in [5.74, 6) is 0.431. The predicted octanol–water partition coefficient (Wildman–Crippen LogP) is 3.19. The molecule has 1 N–H and O–H groups in total. The summed E-state index contributed by atoms with van der Waals surface area (Å²) < 4.78 is 1.74. The minimum absolute atomic E-state index is 0.0615. The van der Waals surface area contributed by atoms with E-state index >= 15 is 0 Å². The van der Waals surface area contributed by atoms with Crippen LogP contribution in [0.2, 0.25) is 0 Å². The minimum atomic E-state index is -0.0615. The lowest BCUT2D eigenvalue weighted by atomic mass is 9.97. The van der Waals surface area contributed by atoms with Crippen LogP contribution in [0.25, 0.3) is 11.1 Å². The van der Waals surface area contributed by atoms with Gasteiger partial charge in [-0.1, -0.05) is 6.07 Å². The number of amides is 1. The van der Waals surface area contributed by atoms with Crippen molar-refractivity contribution in [3.8, 4) is 11.1 Å². The van der Waals surface area contributed by atoms with Gasteiger partial charge in [-0.3, -0.25) is 19.4 Å². The smallest absolute Gasteiger partial charge is 0.252 e. The molecule has 1 aliphatic rings. The first-order valence-corrected chi connectivity index (χ1v) is 10.5. The number of nitrogens with zero attached hydrogens (tertiary/aromatic N) is 4. The normalized spacial score (nSPS) is 17.5. The van der Waals surface area contributed by atoms with Crippen LogP contribution in [0.4, 0.5) is 0 Å². The number of carbonyl (C=O) groups is 1. The molecule has 0 spiro atoms. The Morgan fingerprint density at radius 2 is 2.25 bits per heavy atom. The Hall–Kier alpha value is -2.51. The number of carbonyl (C=O) groups excluding carboxylic acids is 1. The second kappa shape index (κ2) is 8.67. The van der Waals surface area contributed by atoms with E-state index in [0.29, 0.717) is 18.0 Å². The third kappa shape index (κ3) is 4.66. The number of aryl methyl sites for hydroxylation is 1. The second-order valence-corrected chi connectivity index (χ2v) is 8.43. The summed E-state index contributed by atoms with van der Waals surface area (Å²) in [4.78, 5) is 20.8. The van der Waals surface area contributed by atoms with Gasteiger partial charge in [-0.2, -0.15) is 5.10 Å². The van der Waals surface area contributed by atoms with Gasteiger partial charge in [0.05, 0.1) is 11.8 Å². The number of aromatic nitrogens is 3. The molecule has 3 aromatic rings. The molecule has 146 valence electrons. The Morgan fingerprint density at radius 3 is 3.04 bits per heavy atom. The summed E-state index contributed by atoms with van der Waals surface area (Å²) in [7, 11) is 1.87. The zero-order valence-corrected chi connectivity index (χ0v) is 16.9. The van der Waals surface area contributed by atoms with Crippen LogP contribution in [-0.4, -0.2) is 45.2 Å². The van der Waals surface area contributed by atoms with Crippen molar-refractivity contribution in [1.29, 1.82) is 0 Å². The van der Waals surface area contributed by atoms with Crippen LogP contribution in [0.3, 0.4) is 0 Å². The molecule has 1 aliphatic heterocycles. The highest BCUT2D eigenvalue weighted by Gasteiger charge is 2.21. The molecule has 0 bridgehead atoms. The van der Waals surface area contributed by atoms with Crippen LogP contribution in [0.1, 0.15) is 28.1 Å². The molecule has 4 rings (SSSR count). The topological polar surface area (TPSA) is 63.1 Å². The van der Waals surface area contributed by atoms with Crippen LogP contribution in [-0.2, 0) is 13.6 Å². The standard InChI is InChI=1S/C21H25N5OS/c1-25-14-19(12-24-25)17-8-18(11-22-10-17)21(27)23-9-16-4-2-6-26(13-16)15-20-5-3-7-28-20/h3,5,7-8,10-12,14,16H,2,4,6,9,13,15H2,1H3,(H,23,27)/t16-/m1/s1. The van der Waals surface area contributed by atoms with Crippen molar-refractivity contribution in [2.24, 2.45) is 13.0 Å². The van der Waals surface area contributed by atoms with E-state index in [0.717, 1.165) is 37.2 Å². The third-order valence-electron chi connectivity index (χ3n) is 5.15. The van der Waals surface area contributed by atoms with Gasteiger partial charge in [0, 0.05) is 61.3 Å². The summed E-state index contributed by atoms with van der Waals surface area (Å²) in [6, 6.07) is 6.18. The molecular weight excluding hydrogens is 370 g/mol. The number of piperidine rings is 1. The van der Waals surface area contributed by atoms with E-state index in [-0.39, 0.29) is 5.91 Å². The lowest BCUT2D eigenvalue weighted by Gasteiger charge is -2.32. The van der Waals surface area contributed by atoms with Crippen molar-refractivity contribution in [3.05, 3.63) is 58.8 Å². The molecule has 4 heterocycles. The van der Waals surface area contributed by atoms with Crippen LogP contribution in [0.15, 0.2) is 48.4 Å². The maximum Gasteiger partial charge on any atom is 0.252 e. The number of hydrogen-bond acceptors (Lipinski definition) is 5. The number of hydrogen-bond donors (Lipinski definition) is 1. The molecule has 0 aromatic carbocycles. The van der Waals surface area contributed by atoms with Gasteiger partial charge in [0.15, 0.2) is 0 Å². The van der Waals surface area contributed by atoms with E-state index in [1.54, 1.807) is 23.3 Å².